The maximum absolute atomic E-state index is 13.4. The summed E-state index contributed by atoms with van der Waals surface area (Å²) in [4.78, 5) is 22.9. The van der Waals surface area contributed by atoms with Gasteiger partial charge in [0.25, 0.3) is 0 Å². The Bertz CT molecular complexity index is 742. The van der Waals surface area contributed by atoms with Gasteiger partial charge in [-0.25, -0.2) is 14.4 Å². The molecule has 0 unspecified atom stereocenters. The van der Waals surface area contributed by atoms with Gasteiger partial charge in [-0.3, -0.25) is 4.79 Å². The van der Waals surface area contributed by atoms with Gasteiger partial charge in [0.05, 0.1) is 5.69 Å². The van der Waals surface area contributed by atoms with Gasteiger partial charge in [0.15, 0.2) is 0 Å². The number of hydrogen-bond acceptors (Lipinski definition) is 4. The summed E-state index contributed by atoms with van der Waals surface area (Å²) in [5.41, 5.74) is 1.43. The molecule has 2 heterocycles. The molecule has 2 aromatic rings. The number of rotatable bonds is 4. The van der Waals surface area contributed by atoms with Crippen LogP contribution in [0.25, 0.3) is 11.3 Å². The molecule has 1 aliphatic heterocycles. The van der Waals surface area contributed by atoms with E-state index in [1.54, 1.807) is 6.07 Å². The van der Waals surface area contributed by atoms with Crippen molar-refractivity contribution in [2.24, 2.45) is 5.92 Å². The van der Waals surface area contributed by atoms with Gasteiger partial charge in [0.2, 0.25) is 5.91 Å². The molecule has 1 fully saturated rings. The zero-order valence-corrected chi connectivity index (χ0v) is 14.6. The molecule has 132 valence electrons. The van der Waals surface area contributed by atoms with E-state index in [0.717, 1.165) is 37.3 Å². The van der Waals surface area contributed by atoms with Crippen LogP contribution in [0.2, 0.25) is 0 Å². The van der Waals surface area contributed by atoms with E-state index in [4.69, 9.17) is 0 Å². The molecule has 0 saturated carbocycles. The molecule has 1 aromatic heterocycles. The minimum Gasteiger partial charge on any atom is -0.356 e. The lowest BCUT2D eigenvalue weighted by Crippen LogP contribution is -2.42. The first-order valence-corrected chi connectivity index (χ1v) is 8.66. The standard InChI is InChI=1S/C19H23FN4O/c1-13(2)23-19(25)14-6-8-24(9-7-14)18-11-17(21-12-22-18)15-4-3-5-16(20)10-15/h3-5,10-14H,6-9H2,1-2H3,(H,23,25). The van der Waals surface area contributed by atoms with E-state index in [0.29, 0.717) is 5.69 Å². The Morgan fingerprint density at radius 2 is 2.00 bits per heavy atom. The molecule has 5 nitrogen and oxygen atoms in total. The van der Waals surface area contributed by atoms with Crippen LogP contribution in [0.1, 0.15) is 26.7 Å². The average Bonchev–Trinajstić information content (AvgIpc) is 2.61. The van der Waals surface area contributed by atoms with Gasteiger partial charge in [-0.2, -0.15) is 0 Å². The van der Waals surface area contributed by atoms with Crippen LogP contribution in [-0.4, -0.2) is 35.0 Å². The first kappa shape index (κ1) is 17.3. The fourth-order valence-corrected chi connectivity index (χ4v) is 3.10. The van der Waals surface area contributed by atoms with Crippen molar-refractivity contribution in [3.8, 4) is 11.3 Å². The number of anilines is 1. The monoisotopic (exact) mass is 342 g/mol. The van der Waals surface area contributed by atoms with E-state index >= 15 is 0 Å². The van der Waals surface area contributed by atoms with Crippen LogP contribution < -0.4 is 10.2 Å². The van der Waals surface area contributed by atoms with Gasteiger partial charge in [-0.15, -0.1) is 0 Å². The van der Waals surface area contributed by atoms with Crippen LogP contribution in [0, 0.1) is 11.7 Å². The molecular weight excluding hydrogens is 319 g/mol. The Hall–Kier alpha value is -2.50. The summed E-state index contributed by atoms with van der Waals surface area (Å²) in [7, 11) is 0. The number of nitrogens with one attached hydrogen (secondary N) is 1. The highest BCUT2D eigenvalue weighted by Crippen LogP contribution is 2.25. The zero-order chi connectivity index (χ0) is 17.8. The van der Waals surface area contributed by atoms with Gasteiger partial charge in [-0.05, 0) is 38.8 Å². The maximum Gasteiger partial charge on any atom is 0.223 e. The van der Waals surface area contributed by atoms with Crippen molar-refractivity contribution in [1.29, 1.82) is 0 Å². The third-order valence-electron chi connectivity index (χ3n) is 4.39. The van der Waals surface area contributed by atoms with Crippen LogP contribution >= 0.6 is 0 Å². The van der Waals surface area contributed by atoms with Crippen LogP contribution in [0.4, 0.5) is 10.2 Å². The molecule has 25 heavy (non-hydrogen) atoms. The molecule has 6 heteroatoms. The number of amides is 1. The lowest BCUT2D eigenvalue weighted by molar-refractivity contribution is -0.126. The first-order chi connectivity index (χ1) is 12.0. The van der Waals surface area contributed by atoms with Crippen molar-refractivity contribution in [3.05, 3.63) is 42.5 Å². The van der Waals surface area contributed by atoms with Gasteiger partial charge in [0.1, 0.15) is 18.0 Å². The molecule has 0 radical (unpaired) electrons. The van der Waals surface area contributed by atoms with Gasteiger partial charge in [0, 0.05) is 36.7 Å². The fraction of sp³-hybridized carbons (Fsp3) is 0.421. The summed E-state index contributed by atoms with van der Waals surface area (Å²) in [6.45, 7) is 5.50. The van der Waals surface area contributed by atoms with Crippen molar-refractivity contribution in [2.45, 2.75) is 32.7 Å². The molecule has 1 saturated heterocycles. The number of carbonyl (C=O) groups excluding carboxylic acids is 1. The predicted octanol–water partition coefficient (Wildman–Crippen LogP) is 3.02. The Kier molecular flexibility index (Phi) is 5.26. The highest BCUT2D eigenvalue weighted by molar-refractivity contribution is 5.79. The van der Waals surface area contributed by atoms with E-state index in [1.165, 1.54) is 18.5 Å². The summed E-state index contributed by atoms with van der Waals surface area (Å²) in [5.74, 6) is 0.729. The number of nitrogens with zero attached hydrogens (tertiary/aromatic N) is 3. The van der Waals surface area contributed by atoms with E-state index in [-0.39, 0.29) is 23.7 Å². The quantitative estimate of drug-likeness (QED) is 0.928. The lowest BCUT2D eigenvalue weighted by atomic mass is 9.95. The predicted molar refractivity (Wildman–Crippen MR) is 95.6 cm³/mol. The van der Waals surface area contributed by atoms with Crippen LogP contribution in [0.3, 0.4) is 0 Å². The largest absolute Gasteiger partial charge is 0.356 e. The SMILES string of the molecule is CC(C)NC(=O)C1CCN(c2cc(-c3cccc(F)c3)ncn2)CC1. The topological polar surface area (TPSA) is 58.1 Å². The summed E-state index contributed by atoms with van der Waals surface area (Å²) < 4.78 is 13.4. The second-order valence-corrected chi connectivity index (χ2v) is 6.70. The number of benzene rings is 1. The normalized spacial score (nSPS) is 15.4. The number of piperidine rings is 1. The Morgan fingerprint density at radius 3 is 2.68 bits per heavy atom. The lowest BCUT2D eigenvalue weighted by Gasteiger charge is -2.32. The molecule has 0 bridgehead atoms. The van der Waals surface area contributed by atoms with Crippen molar-refractivity contribution in [1.82, 2.24) is 15.3 Å². The fourth-order valence-electron chi connectivity index (χ4n) is 3.10. The van der Waals surface area contributed by atoms with E-state index in [1.807, 2.05) is 26.0 Å². The second-order valence-electron chi connectivity index (χ2n) is 6.70. The summed E-state index contributed by atoms with van der Waals surface area (Å²) in [6.07, 6.45) is 3.11. The first-order valence-electron chi connectivity index (χ1n) is 8.66. The zero-order valence-electron chi connectivity index (χ0n) is 14.6. The summed E-state index contributed by atoms with van der Waals surface area (Å²) in [6, 6.07) is 8.43. The number of aromatic nitrogens is 2. The second kappa shape index (κ2) is 7.59. The van der Waals surface area contributed by atoms with Gasteiger partial charge >= 0.3 is 0 Å². The van der Waals surface area contributed by atoms with Gasteiger partial charge < -0.3 is 10.2 Å². The Labute approximate surface area is 147 Å². The van der Waals surface area contributed by atoms with Crippen molar-refractivity contribution in [3.63, 3.8) is 0 Å². The third kappa shape index (κ3) is 4.32. The molecule has 0 atom stereocenters. The molecular formula is C19H23FN4O. The van der Waals surface area contributed by atoms with Crippen molar-refractivity contribution in [2.75, 3.05) is 18.0 Å². The van der Waals surface area contributed by atoms with E-state index in [2.05, 4.69) is 20.2 Å². The molecule has 0 spiro atoms. The summed E-state index contributed by atoms with van der Waals surface area (Å²) in [5, 5.41) is 2.98. The number of hydrogen-bond donors (Lipinski definition) is 1. The smallest absolute Gasteiger partial charge is 0.223 e. The minimum absolute atomic E-state index is 0.0585. The van der Waals surface area contributed by atoms with Gasteiger partial charge in [-0.1, -0.05) is 12.1 Å². The molecule has 1 amide bonds. The number of carbonyl (C=O) groups is 1. The molecule has 1 N–H and O–H groups in total. The Morgan fingerprint density at radius 1 is 1.24 bits per heavy atom. The highest BCUT2D eigenvalue weighted by atomic mass is 19.1. The van der Waals surface area contributed by atoms with Crippen molar-refractivity contribution >= 4 is 11.7 Å². The minimum atomic E-state index is -0.283. The van der Waals surface area contributed by atoms with E-state index < -0.39 is 0 Å². The van der Waals surface area contributed by atoms with Crippen molar-refractivity contribution < 1.29 is 9.18 Å². The molecule has 1 aromatic carbocycles. The van der Waals surface area contributed by atoms with E-state index in [9.17, 15) is 9.18 Å². The Balaban J connectivity index is 1.68. The molecule has 0 aliphatic carbocycles. The molecule has 1 aliphatic rings. The van der Waals surface area contributed by atoms with Crippen LogP contribution in [0.15, 0.2) is 36.7 Å². The number of halogens is 1. The maximum atomic E-state index is 13.4. The summed E-state index contributed by atoms with van der Waals surface area (Å²) >= 11 is 0. The van der Waals surface area contributed by atoms with Crippen LogP contribution in [0.5, 0.6) is 0 Å². The molecule has 3 rings (SSSR count). The average molecular weight is 342 g/mol. The highest BCUT2D eigenvalue weighted by Gasteiger charge is 2.26. The van der Waals surface area contributed by atoms with Crippen LogP contribution in [-0.2, 0) is 4.79 Å². The third-order valence-corrected chi connectivity index (χ3v) is 4.39.